The molecular formula is C56H96N2O3. The Hall–Kier alpha value is -1.69. The number of hydrogen-bond donors (Lipinski definition) is 0. The Kier molecular flexibility index (Phi) is 22.2. The van der Waals surface area contributed by atoms with E-state index in [1.165, 1.54) is 128 Å². The molecule has 3 fully saturated rings. The van der Waals surface area contributed by atoms with Crippen LogP contribution in [0.1, 0.15) is 208 Å². The zero-order chi connectivity index (χ0) is 43.3. The van der Waals surface area contributed by atoms with Gasteiger partial charge in [-0.15, -0.1) is 0 Å². The Morgan fingerprint density at radius 2 is 1.52 bits per heavy atom. The van der Waals surface area contributed by atoms with Gasteiger partial charge >= 0.3 is 0 Å². The fourth-order valence-corrected chi connectivity index (χ4v) is 12.9. The SMILES string of the molecule is CCCCCC=CCC=CCCCCCCCCOCC(Cn1ccnc1C)OCCCCO[C@H]1CC[C@@]2(C)C(=CCC3C4CCC(C(C)CCCC(C)C)[C@@]4(C)CCC32)C1. The first kappa shape index (κ1) is 50.3. The number of rotatable bonds is 31. The monoisotopic (exact) mass is 845 g/mol. The molecule has 0 aliphatic heterocycles. The van der Waals surface area contributed by atoms with Crippen molar-refractivity contribution in [1.29, 1.82) is 0 Å². The van der Waals surface area contributed by atoms with Gasteiger partial charge in [-0.25, -0.2) is 4.98 Å². The van der Waals surface area contributed by atoms with E-state index in [1.807, 2.05) is 6.20 Å². The predicted octanol–water partition coefficient (Wildman–Crippen LogP) is 15.6. The van der Waals surface area contributed by atoms with Gasteiger partial charge in [-0.3, -0.25) is 0 Å². The number of aryl methyl sites for hydroxylation is 1. The number of fused-ring (bicyclic) bond motifs is 5. The number of hydrogen-bond acceptors (Lipinski definition) is 4. The van der Waals surface area contributed by atoms with Crippen molar-refractivity contribution in [3.63, 3.8) is 0 Å². The lowest BCUT2D eigenvalue weighted by Gasteiger charge is -2.58. The molecule has 61 heavy (non-hydrogen) atoms. The van der Waals surface area contributed by atoms with E-state index >= 15 is 0 Å². The maximum Gasteiger partial charge on any atom is 0.105 e. The third-order valence-electron chi connectivity index (χ3n) is 16.6. The first-order chi connectivity index (χ1) is 29.7. The molecule has 1 aromatic rings. The van der Waals surface area contributed by atoms with Crippen molar-refractivity contribution in [2.45, 2.75) is 228 Å². The molecule has 0 spiro atoms. The lowest BCUT2D eigenvalue weighted by molar-refractivity contribution is -0.0648. The molecule has 5 heteroatoms. The minimum Gasteiger partial charge on any atom is -0.379 e. The predicted molar refractivity (Wildman–Crippen MR) is 259 cm³/mol. The molecule has 348 valence electrons. The standard InChI is InChI=1S/C56H96N2O3/c1-8-9-10-11-12-13-14-15-16-17-18-19-20-21-22-23-39-59-44-50(43-58-38-37-57-47(58)5)61-41-25-24-40-60-49-33-35-55(6)48(42-49)29-30-51-53-32-31-52(46(4)28-26-27-45(2)3)56(53,7)36-34-54(51)55/h12-13,15-16,29,37-38,45-46,49-54H,8-11,14,17-28,30-36,39-44H2,1-7H3/t46?,49-,50?,51?,52?,53?,54?,55-,56+/m0/s1. The van der Waals surface area contributed by atoms with Gasteiger partial charge in [0.25, 0.3) is 0 Å². The van der Waals surface area contributed by atoms with E-state index < -0.39 is 0 Å². The van der Waals surface area contributed by atoms with Crippen molar-refractivity contribution < 1.29 is 14.2 Å². The molecule has 0 aromatic carbocycles. The summed E-state index contributed by atoms with van der Waals surface area (Å²) >= 11 is 0. The first-order valence-corrected chi connectivity index (χ1v) is 26.4. The number of unbranched alkanes of at least 4 members (excludes halogenated alkanes) is 10. The largest absolute Gasteiger partial charge is 0.379 e. The Bertz CT molecular complexity index is 1430. The van der Waals surface area contributed by atoms with Gasteiger partial charge in [-0.1, -0.05) is 135 Å². The molecule has 3 saturated carbocycles. The quantitative estimate of drug-likeness (QED) is 0.0552. The van der Waals surface area contributed by atoms with Gasteiger partial charge < -0.3 is 18.8 Å². The van der Waals surface area contributed by atoms with Crippen molar-refractivity contribution in [2.75, 3.05) is 26.4 Å². The van der Waals surface area contributed by atoms with Crippen LogP contribution in [-0.4, -0.2) is 48.2 Å². The summed E-state index contributed by atoms with van der Waals surface area (Å²) in [5.74, 6) is 6.42. The van der Waals surface area contributed by atoms with E-state index in [4.69, 9.17) is 14.2 Å². The van der Waals surface area contributed by atoms with Gasteiger partial charge in [0.05, 0.1) is 25.4 Å². The maximum atomic E-state index is 6.62. The third kappa shape index (κ3) is 15.5. The summed E-state index contributed by atoms with van der Waals surface area (Å²) in [4.78, 5) is 4.44. The maximum absolute atomic E-state index is 6.62. The van der Waals surface area contributed by atoms with E-state index in [1.54, 1.807) is 5.57 Å². The van der Waals surface area contributed by atoms with Crippen molar-refractivity contribution in [2.24, 2.45) is 46.3 Å². The third-order valence-corrected chi connectivity index (χ3v) is 16.6. The zero-order valence-corrected chi connectivity index (χ0v) is 41.0. The van der Waals surface area contributed by atoms with Crippen LogP contribution in [0.2, 0.25) is 0 Å². The average Bonchev–Trinajstić information content (AvgIpc) is 3.82. The van der Waals surface area contributed by atoms with Gasteiger partial charge in [-0.05, 0) is 156 Å². The van der Waals surface area contributed by atoms with Crippen molar-refractivity contribution in [1.82, 2.24) is 9.55 Å². The molecule has 4 aliphatic carbocycles. The molecule has 9 atom stereocenters. The smallest absolute Gasteiger partial charge is 0.105 e. The van der Waals surface area contributed by atoms with Crippen LogP contribution in [0.25, 0.3) is 0 Å². The second kappa shape index (κ2) is 26.9. The van der Waals surface area contributed by atoms with Gasteiger partial charge in [0.2, 0.25) is 0 Å². The van der Waals surface area contributed by atoms with E-state index in [0.29, 0.717) is 23.5 Å². The molecule has 0 saturated heterocycles. The highest BCUT2D eigenvalue weighted by Crippen LogP contribution is 2.67. The highest BCUT2D eigenvalue weighted by Gasteiger charge is 2.59. The normalized spacial score (nSPS) is 28.7. The molecule has 0 amide bonds. The molecule has 4 aliphatic rings. The summed E-state index contributed by atoms with van der Waals surface area (Å²) in [5.41, 5.74) is 2.71. The Balaban J connectivity index is 0.935. The van der Waals surface area contributed by atoms with Crippen LogP contribution in [0.5, 0.6) is 0 Å². The molecule has 0 bridgehead atoms. The summed E-state index contributed by atoms with van der Waals surface area (Å²) < 4.78 is 21.5. The van der Waals surface area contributed by atoms with E-state index in [-0.39, 0.29) is 6.10 Å². The van der Waals surface area contributed by atoms with E-state index in [9.17, 15) is 0 Å². The van der Waals surface area contributed by atoms with Gasteiger partial charge in [-0.2, -0.15) is 0 Å². The highest BCUT2D eigenvalue weighted by atomic mass is 16.5. The number of aromatic nitrogens is 2. The molecule has 1 heterocycles. The lowest BCUT2D eigenvalue weighted by Crippen LogP contribution is -2.51. The zero-order valence-electron chi connectivity index (χ0n) is 41.0. The Morgan fingerprint density at radius 3 is 2.28 bits per heavy atom. The van der Waals surface area contributed by atoms with Crippen LogP contribution >= 0.6 is 0 Å². The molecule has 0 N–H and O–H groups in total. The lowest BCUT2D eigenvalue weighted by atomic mass is 9.47. The van der Waals surface area contributed by atoms with Crippen LogP contribution < -0.4 is 0 Å². The van der Waals surface area contributed by atoms with Gasteiger partial charge in [0.1, 0.15) is 5.82 Å². The van der Waals surface area contributed by atoms with Crippen molar-refractivity contribution in [3.05, 3.63) is 54.2 Å². The minimum atomic E-state index is 0.0439. The molecule has 1 aromatic heterocycles. The van der Waals surface area contributed by atoms with E-state index in [0.717, 1.165) is 99.8 Å². The summed E-state index contributed by atoms with van der Waals surface area (Å²) in [7, 11) is 0. The van der Waals surface area contributed by atoms with E-state index in [2.05, 4.69) is 94.6 Å². The highest BCUT2D eigenvalue weighted by molar-refractivity contribution is 5.25. The number of ether oxygens (including phenoxy) is 3. The first-order valence-electron chi connectivity index (χ1n) is 26.4. The average molecular weight is 845 g/mol. The van der Waals surface area contributed by atoms with Gasteiger partial charge in [0.15, 0.2) is 0 Å². The summed E-state index contributed by atoms with van der Waals surface area (Å²) in [6.45, 7) is 21.0. The van der Waals surface area contributed by atoms with Crippen molar-refractivity contribution >= 4 is 0 Å². The van der Waals surface area contributed by atoms with Crippen LogP contribution in [0.15, 0.2) is 48.3 Å². The van der Waals surface area contributed by atoms with Crippen LogP contribution in [0.3, 0.4) is 0 Å². The number of nitrogens with zero attached hydrogens (tertiary/aromatic N) is 2. The number of imidazole rings is 1. The second-order valence-electron chi connectivity index (χ2n) is 21.5. The fraction of sp³-hybridized carbons (Fsp3) is 0.839. The fourth-order valence-electron chi connectivity index (χ4n) is 12.9. The summed E-state index contributed by atoms with van der Waals surface area (Å²) in [5, 5.41) is 0. The second-order valence-corrected chi connectivity index (χ2v) is 21.5. The summed E-state index contributed by atoms with van der Waals surface area (Å²) in [6, 6.07) is 0. The minimum absolute atomic E-state index is 0.0439. The molecule has 0 radical (unpaired) electrons. The number of allylic oxidation sites excluding steroid dienone is 5. The molecule has 5 rings (SSSR count). The molecule has 6 unspecified atom stereocenters. The molecule has 5 nitrogen and oxygen atoms in total. The summed E-state index contributed by atoms with van der Waals surface area (Å²) in [6.07, 6.45) is 49.0. The van der Waals surface area contributed by atoms with Crippen LogP contribution in [0.4, 0.5) is 0 Å². The van der Waals surface area contributed by atoms with Crippen LogP contribution in [-0.2, 0) is 20.8 Å². The topological polar surface area (TPSA) is 45.5 Å². The van der Waals surface area contributed by atoms with Gasteiger partial charge in [0, 0.05) is 32.2 Å². The van der Waals surface area contributed by atoms with Crippen molar-refractivity contribution in [3.8, 4) is 0 Å². The Labute approximate surface area is 377 Å². The molecular weight excluding hydrogens is 749 g/mol. The Morgan fingerprint density at radius 1 is 0.787 bits per heavy atom. The van der Waals surface area contributed by atoms with Crippen LogP contribution in [0, 0.1) is 53.3 Å².